The lowest BCUT2D eigenvalue weighted by atomic mass is 10.0. The highest BCUT2D eigenvalue weighted by molar-refractivity contribution is 7.94. The Morgan fingerprint density at radius 1 is 0.824 bits per heavy atom. The van der Waals surface area contributed by atoms with Crippen molar-refractivity contribution in [1.29, 1.82) is 0 Å². The summed E-state index contributed by atoms with van der Waals surface area (Å²) in [4.78, 5) is 0. The lowest BCUT2D eigenvalue weighted by Gasteiger charge is -2.35. The minimum Gasteiger partial charge on any atom is -0.325 e. The highest BCUT2D eigenvalue weighted by Crippen LogP contribution is 2.56. The van der Waals surface area contributed by atoms with Crippen LogP contribution in [0.2, 0.25) is 0 Å². The molecule has 104 valence electrons. The maximum absolute atomic E-state index is 12.6. The summed E-state index contributed by atoms with van der Waals surface area (Å²) in [5.74, 6) is -18.7. The molecule has 0 unspecified atom stereocenters. The molecule has 0 aromatic carbocycles. The third-order valence-corrected chi connectivity index (χ3v) is 2.23. The summed E-state index contributed by atoms with van der Waals surface area (Å²) in [6, 6.07) is 0. The molecule has 0 bridgehead atoms. The summed E-state index contributed by atoms with van der Waals surface area (Å²) in [7, 11) is 0. The van der Waals surface area contributed by atoms with Crippen LogP contribution >= 0.6 is 12.0 Å². The Labute approximate surface area is 93.2 Å². The standard InChI is InChI=1S/C6H5F9OS/c7-2-1-3(8,9)4(10,11)5(12,13)6(14,15)17-16/h16H,1-2H2. The Morgan fingerprint density at radius 2 is 1.24 bits per heavy atom. The van der Waals surface area contributed by atoms with Crippen LogP contribution in [-0.2, 0) is 0 Å². The van der Waals surface area contributed by atoms with Crippen LogP contribution in [-0.4, -0.2) is 34.2 Å². The van der Waals surface area contributed by atoms with Gasteiger partial charge in [-0.15, -0.1) is 0 Å². The van der Waals surface area contributed by atoms with Gasteiger partial charge in [0.05, 0.1) is 18.7 Å². The highest BCUT2D eigenvalue weighted by Gasteiger charge is 2.80. The van der Waals surface area contributed by atoms with Crippen molar-refractivity contribution in [2.75, 3.05) is 6.67 Å². The van der Waals surface area contributed by atoms with E-state index in [4.69, 9.17) is 4.55 Å². The highest BCUT2D eigenvalue weighted by atomic mass is 32.2. The number of halogens is 9. The molecule has 0 rings (SSSR count). The van der Waals surface area contributed by atoms with Crippen molar-refractivity contribution >= 4 is 12.0 Å². The number of alkyl halides is 9. The fraction of sp³-hybridized carbons (Fsp3) is 1.00. The van der Waals surface area contributed by atoms with Crippen LogP contribution in [0.5, 0.6) is 0 Å². The molecule has 0 heterocycles. The summed E-state index contributed by atoms with van der Waals surface area (Å²) in [6.07, 6.45) is -2.35. The van der Waals surface area contributed by atoms with Gasteiger partial charge in [0.2, 0.25) is 0 Å². The molecule has 0 atom stereocenters. The molecule has 0 aromatic heterocycles. The normalized spacial score (nSPS) is 15.2. The topological polar surface area (TPSA) is 20.2 Å². The summed E-state index contributed by atoms with van der Waals surface area (Å²) >= 11 is -2.00. The molecule has 17 heavy (non-hydrogen) atoms. The van der Waals surface area contributed by atoms with Gasteiger partial charge in [-0.05, 0) is 0 Å². The molecule has 0 radical (unpaired) electrons. The second-order valence-corrected chi connectivity index (χ2v) is 3.60. The molecular formula is C6H5F9OS. The molecular weight excluding hydrogens is 291 g/mol. The first-order valence-corrected chi connectivity index (χ1v) is 4.54. The van der Waals surface area contributed by atoms with E-state index in [-0.39, 0.29) is 0 Å². The van der Waals surface area contributed by atoms with Crippen molar-refractivity contribution in [3.63, 3.8) is 0 Å². The third kappa shape index (κ3) is 2.59. The monoisotopic (exact) mass is 296 g/mol. The minimum absolute atomic E-state index is 2.00. The van der Waals surface area contributed by atoms with Gasteiger partial charge in [-0.3, -0.25) is 4.39 Å². The molecule has 0 aliphatic heterocycles. The van der Waals surface area contributed by atoms with Crippen LogP contribution in [0, 0.1) is 0 Å². The van der Waals surface area contributed by atoms with E-state index in [9.17, 15) is 39.5 Å². The van der Waals surface area contributed by atoms with E-state index in [0.717, 1.165) is 0 Å². The van der Waals surface area contributed by atoms with Gasteiger partial charge in [0.25, 0.3) is 0 Å². The molecule has 0 saturated heterocycles. The molecule has 0 aliphatic rings. The van der Waals surface area contributed by atoms with Crippen molar-refractivity contribution in [2.45, 2.75) is 29.4 Å². The smallest absolute Gasteiger partial charge is 0.325 e. The molecule has 0 aliphatic carbocycles. The Hall–Kier alpha value is -0.320. The van der Waals surface area contributed by atoms with Gasteiger partial charge in [-0.2, -0.15) is 35.1 Å². The van der Waals surface area contributed by atoms with E-state index < -0.39 is 48.2 Å². The van der Waals surface area contributed by atoms with Crippen molar-refractivity contribution in [1.82, 2.24) is 0 Å². The molecule has 0 fully saturated rings. The van der Waals surface area contributed by atoms with Crippen molar-refractivity contribution < 1.29 is 44.1 Å². The van der Waals surface area contributed by atoms with Crippen molar-refractivity contribution in [3.8, 4) is 0 Å². The molecule has 11 heteroatoms. The van der Waals surface area contributed by atoms with Gasteiger partial charge in [0, 0.05) is 6.42 Å². The van der Waals surface area contributed by atoms with Gasteiger partial charge < -0.3 is 4.55 Å². The van der Waals surface area contributed by atoms with Crippen LogP contribution < -0.4 is 0 Å². The zero-order valence-electron chi connectivity index (χ0n) is 7.67. The fourth-order valence-corrected chi connectivity index (χ4v) is 0.988. The van der Waals surface area contributed by atoms with E-state index >= 15 is 0 Å². The number of hydrogen-bond donors (Lipinski definition) is 1. The molecule has 0 aromatic rings. The van der Waals surface area contributed by atoms with Crippen LogP contribution in [0.1, 0.15) is 6.42 Å². The summed E-state index contributed by atoms with van der Waals surface area (Å²) in [5, 5.41) is -5.84. The van der Waals surface area contributed by atoms with Crippen LogP contribution in [0.15, 0.2) is 0 Å². The number of rotatable bonds is 6. The Bertz CT molecular complexity index is 266. The first-order chi connectivity index (χ1) is 7.37. The molecule has 0 saturated carbocycles. The molecule has 0 spiro atoms. The second kappa shape index (κ2) is 4.75. The van der Waals surface area contributed by atoms with E-state index in [2.05, 4.69) is 0 Å². The zero-order chi connectivity index (χ0) is 14.1. The predicted octanol–water partition coefficient (Wildman–Crippen LogP) is 4.05. The largest absolute Gasteiger partial charge is 0.390 e. The Morgan fingerprint density at radius 3 is 1.53 bits per heavy atom. The maximum atomic E-state index is 12.6. The Kier molecular flexibility index (Phi) is 4.66. The minimum atomic E-state index is -6.54. The number of hydrogen-bond acceptors (Lipinski definition) is 2. The summed E-state index contributed by atoms with van der Waals surface area (Å²) in [5.41, 5.74) is 0. The SMILES string of the molecule is OSC(F)(F)C(F)(F)C(F)(F)C(F)(F)CCF. The summed E-state index contributed by atoms with van der Waals surface area (Å²) in [6.45, 7) is -2.10. The lowest BCUT2D eigenvalue weighted by molar-refractivity contribution is -0.348. The van der Waals surface area contributed by atoms with E-state index in [1.807, 2.05) is 0 Å². The van der Waals surface area contributed by atoms with E-state index in [0.29, 0.717) is 0 Å². The van der Waals surface area contributed by atoms with E-state index in [1.54, 1.807) is 0 Å². The average Bonchev–Trinajstić information content (AvgIpc) is 2.16. The average molecular weight is 296 g/mol. The molecule has 1 N–H and O–H groups in total. The molecule has 1 nitrogen and oxygen atoms in total. The van der Waals surface area contributed by atoms with Gasteiger partial charge in [-0.25, -0.2) is 0 Å². The predicted molar refractivity (Wildman–Crippen MR) is 40.6 cm³/mol. The van der Waals surface area contributed by atoms with Crippen molar-refractivity contribution in [3.05, 3.63) is 0 Å². The van der Waals surface area contributed by atoms with Crippen LogP contribution in [0.4, 0.5) is 39.5 Å². The Balaban J connectivity index is 5.44. The zero-order valence-corrected chi connectivity index (χ0v) is 8.49. The fourth-order valence-electron chi connectivity index (χ4n) is 0.745. The second-order valence-electron chi connectivity index (χ2n) is 2.90. The van der Waals surface area contributed by atoms with E-state index in [1.165, 1.54) is 0 Å². The quantitative estimate of drug-likeness (QED) is 0.589. The maximum Gasteiger partial charge on any atom is 0.390 e. The van der Waals surface area contributed by atoms with Gasteiger partial charge in [-0.1, -0.05) is 0 Å². The van der Waals surface area contributed by atoms with Gasteiger partial charge in [0.1, 0.15) is 0 Å². The first kappa shape index (κ1) is 16.7. The van der Waals surface area contributed by atoms with Gasteiger partial charge >= 0.3 is 23.0 Å². The summed E-state index contributed by atoms with van der Waals surface area (Å²) < 4.78 is 119. The third-order valence-electron chi connectivity index (χ3n) is 1.74. The van der Waals surface area contributed by atoms with Gasteiger partial charge in [0.15, 0.2) is 0 Å². The lowest BCUT2D eigenvalue weighted by Crippen LogP contribution is -2.61. The van der Waals surface area contributed by atoms with Crippen molar-refractivity contribution in [2.24, 2.45) is 0 Å². The van der Waals surface area contributed by atoms with Crippen LogP contribution in [0.3, 0.4) is 0 Å². The first-order valence-electron chi connectivity index (χ1n) is 3.77. The molecule has 0 amide bonds. The van der Waals surface area contributed by atoms with Crippen LogP contribution in [0.25, 0.3) is 0 Å².